The summed E-state index contributed by atoms with van der Waals surface area (Å²) in [6.45, 7) is 5.56. The predicted octanol–water partition coefficient (Wildman–Crippen LogP) is 5.12. The van der Waals surface area contributed by atoms with Crippen LogP contribution in [-0.4, -0.2) is 36.2 Å². The van der Waals surface area contributed by atoms with Gasteiger partial charge in [-0.3, -0.25) is 9.59 Å². The van der Waals surface area contributed by atoms with Gasteiger partial charge in [-0.05, 0) is 89.3 Å². The molecule has 2 aromatic rings. The number of nitrogens with two attached hydrogens (primary N) is 1. The van der Waals surface area contributed by atoms with Crippen LogP contribution in [-0.2, 0) is 9.53 Å². The van der Waals surface area contributed by atoms with E-state index in [1.165, 1.54) is 0 Å². The van der Waals surface area contributed by atoms with Crippen LogP contribution >= 0.6 is 0 Å². The molecule has 4 N–H and O–H groups in total. The topological polar surface area (TPSA) is 103 Å². The molecule has 0 saturated heterocycles. The molecule has 7 nitrogen and oxygen atoms in total. The number of anilines is 2. The van der Waals surface area contributed by atoms with E-state index in [9.17, 15) is 9.59 Å². The summed E-state index contributed by atoms with van der Waals surface area (Å²) in [5, 5.41) is 6.00. The van der Waals surface area contributed by atoms with E-state index in [1.54, 1.807) is 24.3 Å². The second kappa shape index (κ2) is 10.9. The molecule has 2 atom stereocenters. The minimum absolute atomic E-state index is 0.0483. The maximum Gasteiger partial charge on any atom is 0.326 e. The number of nitrogens with one attached hydrogen (secondary N) is 2. The van der Waals surface area contributed by atoms with Crippen molar-refractivity contribution in [3.63, 3.8) is 0 Å². The normalized spacial score (nSPS) is 21.0. The third kappa shape index (κ3) is 6.97. The third-order valence-corrected chi connectivity index (χ3v) is 5.98. The van der Waals surface area contributed by atoms with Gasteiger partial charge in [-0.1, -0.05) is 18.6 Å². The number of esters is 1. The standard InChI is InChI=1S/C27H37N3O4/c1-26(2,3)34-25(32)27(28)17-8-7-9-20(16-18-27)33-21-14-12-19(13-15-21)24(31)30-23-11-6-5-10-22(23)29-4/h5-6,10-15,20,29H,7-9,16-18,28H2,1-4H3,(H,30,31). The summed E-state index contributed by atoms with van der Waals surface area (Å²) in [5.74, 6) is 0.166. The summed E-state index contributed by atoms with van der Waals surface area (Å²) in [6.07, 6.45) is 4.42. The van der Waals surface area contributed by atoms with Crippen LogP contribution in [0.2, 0.25) is 0 Å². The number of carbonyl (C=O) groups excluding carboxylic acids is 2. The fourth-order valence-corrected chi connectivity index (χ4v) is 4.08. The molecule has 1 saturated carbocycles. The molecule has 3 rings (SSSR count). The fraction of sp³-hybridized carbons (Fsp3) is 0.481. The van der Waals surface area contributed by atoms with Crippen LogP contribution in [0.25, 0.3) is 0 Å². The first-order valence-electron chi connectivity index (χ1n) is 12.0. The van der Waals surface area contributed by atoms with Gasteiger partial charge in [0.1, 0.15) is 16.9 Å². The molecule has 1 fully saturated rings. The molecule has 34 heavy (non-hydrogen) atoms. The molecule has 0 bridgehead atoms. The maximum absolute atomic E-state index is 12.7. The zero-order valence-electron chi connectivity index (χ0n) is 20.6. The SMILES string of the molecule is CNc1ccccc1NC(=O)c1ccc(OC2CCCCC(N)(C(=O)OC(C)(C)C)CC2)cc1. The molecule has 0 aliphatic heterocycles. The van der Waals surface area contributed by atoms with Gasteiger partial charge < -0.3 is 25.8 Å². The quantitative estimate of drug-likeness (QED) is 0.510. The van der Waals surface area contributed by atoms with Crippen molar-refractivity contribution < 1.29 is 19.1 Å². The Morgan fingerprint density at radius 3 is 2.29 bits per heavy atom. The lowest BCUT2D eigenvalue weighted by molar-refractivity contribution is -0.162. The number of hydrogen-bond donors (Lipinski definition) is 3. The molecule has 1 amide bonds. The van der Waals surface area contributed by atoms with Gasteiger partial charge in [0, 0.05) is 12.6 Å². The lowest BCUT2D eigenvalue weighted by atomic mass is 9.83. The highest BCUT2D eigenvalue weighted by atomic mass is 16.6. The van der Waals surface area contributed by atoms with Crippen LogP contribution in [0.1, 0.15) is 69.7 Å². The van der Waals surface area contributed by atoms with Gasteiger partial charge in [-0.2, -0.15) is 0 Å². The van der Waals surface area contributed by atoms with Crippen LogP contribution < -0.4 is 21.1 Å². The predicted molar refractivity (Wildman–Crippen MR) is 135 cm³/mol. The molecule has 2 unspecified atom stereocenters. The Labute approximate surface area is 202 Å². The highest BCUT2D eigenvalue weighted by Gasteiger charge is 2.39. The Hall–Kier alpha value is -3.06. The number of benzene rings is 2. The van der Waals surface area contributed by atoms with Gasteiger partial charge in [0.2, 0.25) is 0 Å². The van der Waals surface area contributed by atoms with E-state index < -0.39 is 11.1 Å². The smallest absolute Gasteiger partial charge is 0.326 e. The Kier molecular flexibility index (Phi) is 8.20. The highest BCUT2D eigenvalue weighted by molar-refractivity contribution is 6.05. The van der Waals surface area contributed by atoms with Crippen molar-refractivity contribution in [2.45, 2.75) is 76.5 Å². The second-order valence-corrected chi connectivity index (χ2v) is 9.96. The van der Waals surface area contributed by atoms with Crippen LogP contribution in [0.4, 0.5) is 11.4 Å². The van der Waals surface area contributed by atoms with Crippen molar-refractivity contribution in [2.24, 2.45) is 5.73 Å². The molecule has 0 heterocycles. The molecular formula is C27H37N3O4. The van der Waals surface area contributed by atoms with Gasteiger partial charge in [-0.25, -0.2) is 0 Å². The Bertz CT molecular complexity index is 984. The Morgan fingerprint density at radius 2 is 1.65 bits per heavy atom. The van der Waals surface area contributed by atoms with Crippen molar-refractivity contribution >= 4 is 23.3 Å². The van der Waals surface area contributed by atoms with Crippen molar-refractivity contribution in [3.8, 4) is 5.75 Å². The van der Waals surface area contributed by atoms with Crippen LogP contribution in [0.3, 0.4) is 0 Å². The molecular weight excluding hydrogens is 430 g/mol. The number of amides is 1. The van der Waals surface area contributed by atoms with Crippen molar-refractivity contribution in [1.29, 1.82) is 0 Å². The Morgan fingerprint density at radius 1 is 0.971 bits per heavy atom. The van der Waals surface area contributed by atoms with Gasteiger partial charge in [0.25, 0.3) is 5.91 Å². The summed E-state index contributed by atoms with van der Waals surface area (Å²) < 4.78 is 11.8. The van der Waals surface area contributed by atoms with Gasteiger partial charge >= 0.3 is 5.97 Å². The molecule has 7 heteroatoms. The average Bonchev–Trinajstić information content (AvgIpc) is 2.78. The highest BCUT2D eigenvalue weighted by Crippen LogP contribution is 2.29. The lowest BCUT2D eigenvalue weighted by Crippen LogP contribution is -2.52. The number of rotatable bonds is 6. The van der Waals surface area contributed by atoms with E-state index in [-0.39, 0.29) is 18.0 Å². The minimum atomic E-state index is -0.985. The van der Waals surface area contributed by atoms with Crippen LogP contribution in [0, 0.1) is 0 Å². The van der Waals surface area contributed by atoms with Gasteiger partial charge in [0.05, 0.1) is 17.5 Å². The van der Waals surface area contributed by atoms with E-state index in [0.717, 1.165) is 30.6 Å². The zero-order chi connectivity index (χ0) is 24.8. The summed E-state index contributed by atoms with van der Waals surface area (Å²) in [4.78, 5) is 25.4. The molecule has 0 radical (unpaired) electrons. The van der Waals surface area contributed by atoms with E-state index in [0.29, 0.717) is 30.6 Å². The minimum Gasteiger partial charge on any atom is -0.490 e. The monoisotopic (exact) mass is 467 g/mol. The maximum atomic E-state index is 12.7. The first-order chi connectivity index (χ1) is 16.1. The van der Waals surface area contributed by atoms with Gasteiger partial charge in [0.15, 0.2) is 0 Å². The van der Waals surface area contributed by atoms with Crippen molar-refractivity contribution in [2.75, 3.05) is 17.7 Å². The van der Waals surface area contributed by atoms with Crippen LogP contribution in [0.5, 0.6) is 5.75 Å². The number of ether oxygens (including phenoxy) is 2. The summed E-state index contributed by atoms with van der Waals surface area (Å²) in [6, 6.07) is 14.7. The first-order valence-corrected chi connectivity index (χ1v) is 12.0. The number of carbonyl (C=O) groups is 2. The summed E-state index contributed by atoms with van der Waals surface area (Å²) in [7, 11) is 1.81. The molecule has 0 spiro atoms. The molecule has 0 aromatic heterocycles. The Balaban J connectivity index is 1.60. The summed E-state index contributed by atoms with van der Waals surface area (Å²) in [5.41, 5.74) is 7.06. The van der Waals surface area contributed by atoms with E-state index in [1.807, 2.05) is 52.1 Å². The van der Waals surface area contributed by atoms with E-state index in [4.69, 9.17) is 15.2 Å². The second-order valence-electron chi connectivity index (χ2n) is 9.96. The molecule has 1 aliphatic rings. The van der Waals surface area contributed by atoms with E-state index in [2.05, 4.69) is 10.6 Å². The van der Waals surface area contributed by atoms with Crippen molar-refractivity contribution in [3.05, 3.63) is 54.1 Å². The summed E-state index contributed by atoms with van der Waals surface area (Å²) >= 11 is 0. The van der Waals surface area contributed by atoms with Crippen molar-refractivity contribution in [1.82, 2.24) is 0 Å². The largest absolute Gasteiger partial charge is 0.490 e. The van der Waals surface area contributed by atoms with Crippen LogP contribution in [0.15, 0.2) is 48.5 Å². The molecule has 184 valence electrons. The lowest BCUT2D eigenvalue weighted by Gasteiger charge is -2.34. The molecule has 1 aliphatic carbocycles. The number of para-hydroxylation sites is 2. The van der Waals surface area contributed by atoms with E-state index >= 15 is 0 Å². The average molecular weight is 468 g/mol. The third-order valence-electron chi connectivity index (χ3n) is 5.98. The zero-order valence-corrected chi connectivity index (χ0v) is 20.6. The van der Waals surface area contributed by atoms with Gasteiger partial charge in [-0.15, -0.1) is 0 Å². The fourth-order valence-electron chi connectivity index (χ4n) is 4.08. The number of hydrogen-bond acceptors (Lipinski definition) is 6. The first kappa shape index (κ1) is 25.6. The molecule has 2 aromatic carbocycles.